The molecule has 0 aromatic heterocycles. The van der Waals surface area contributed by atoms with Gasteiger partial charge in [0.2, 0.25) is 0 Å². The lowest BCUT2D eigenvalue weighted by atomic mass is 10.1. The first-order valence-corrected chi connectivity index (χ1v) is 6.23. The second-order valence-corrected chi connectivity index (χ2v) is 4.76. The quantitative estimate of drug-likeness (QED) is 0.702. The van der Waals surface area contributed by atoms with E-state index < -0.39 is 0 Å². The average molecular weight is 214 g/mol. The molecule has 1 saturated heterocycles. The fourth-order valence-corrected chi connectivity index (χ4v) is 2.19. The molecule has 0 radical (unpaired) electrons. The SMILES string of the molecule is CCCNCC(C)N1CC(C)OC(C)C1. The number of nitrogens with zero attached hydrogens (tertiary/aromatic N) is 1. The molecule has 0 bridgehead atoms. The molecule has 0 aromatic carbocycles. The summed E-state index contributed by atoms with van der Waals surface area (Å²) in [7, 11) is 0. The van der Waals surface area contributed by atoms with Crippen LogP contribution in [-0.2, 0) is 4.74 Å². The third-order valence-corrected chi connectivity index (χ3v) is 2.94. The molecule has 15 heavy (non-hydrogen) atoms. The van der Waals surface area contributed by atoms with E-state index >= 15 is 0 Å². The van der Waals surface area contributed by atoms with Crippen molar-refractivity contribution in [2.45, 2.75) is 52.4 Å². The van der Waals surface area contributed by atoms with Gasteiger partial charge in [-0.15, -0.1) is 0 Å². The molecular formula is C12H26N2O. The molecule has 0 aliphatic carbocycles. The molecule has 3 atom stereocenters. The number of ether oxygens (including phenoxy) is 1. The molecule has 90 valence electrons. The average Bonchev–Trinajstić information content (AvgIpc) is 2.16. The molecular weight excluding hydrogens is 188 g/mol. The fourth-order valence-electron chi connectivity index (χ4n) is 2.19. The number of hydrogen-bond donors (Lipinski definition) is 1. The van der Waals surface area contributed by atoms with Crippen LogP contribution in [-0.4, -0.2) is 49.3 Å². The lowest BCUT2D eigenvalue weighted by molar-refractivity contribution is -0.0780. The minimum absolute atomic E-state index is 0.377. The summed E-state index contributed by atoms with van der Waals surface area (Å²) in [6.45, 7) is 13.2. The summed E-state index contributed by atoms with van der Waals surface area (Å²) in [5.74, 6) is 0. The monoisotopic (exact) mass is 214 g/mol. The van der Waals surface area contributed by atoms with E-state index in [4.69, 9.17) is 4.74 Å². The van der Waals surface area contributed by atoms with Gasteiger partial charge in [-0.25, -0.2) is 0 Å². The highest BCUT2D eigenvalue weighted by Crippen LogP contribution is 2.12. The molecule has 3 nitrogen and oxygen atoms in total. The Balaban J connectivity index is 2.28. The van der Waals surface area contributed by atoms with Crippen LogP contribution in [0.15, 0.2) is 0 Å². The van der Waals surface area contributed by atoms with Gasteiger partial charge in [-0.05, 0) is 33.7 Å². The molecule has 1 aliphatic rings. The molecule has 1 aliphatic heterocycles. The molecule has 3 heteroatoms. The van der Waals surface area contributed by atoms with Crippen LogP contribution in [0.2, 0.25) is 0 Å². The van der Waals surface area contributed by atoms with E-state index in [1.165, 1.54) is 6.42 Å². The zero-order chi connectivity index (χ0) is 11.3. The third kappa shape index (κ3) is 4.49. The molecule has 0 spiro atoms. The van der Waals surface area contributed by atoms with Crippen molar-refractivity contribution in [1.82, 2.24) is 10.2 Å². The van der Waals surface area contributed by atoms with Gasteiger partial charge in [0.15, 0.2) is 0 Å². The summed E-state index contributed by atoms with van der Waals surface area (Å²) in [5, 5.41) is 3.48. The summed E-state index contributed by atoms with van der Waals surface area (Å²) in [6.07, 6.45) is 1.97. The van der Waals surface area contributed by atoms with Gasteiger partial charge in [-0.3, -0.25) is 4.90 Å². The standard InChI is InChI=1S/C12H26N2O/c1-5-6-13-7-10(2)14-8-11(3)15-12(4)9-14/h10-13H,5-9H2,1-4H3. The maximum atomic E-state index is 5.73. The van der Waals surface area contributed by atoms with Crippen molar-refractivity contribution in [2.24, 2.45) is 0 Å². The third-order valence-electron chi connectivity index (χ3n) is 2.94. The summed E-state index contributed by atoms with van der Waals surface area (Å²) < 4.78 is 5.73. The van der Waals surface area contributed by atoms with Crippen molar-refractivity contribution in [2.75, 3.05) is 26.2 Å². The van der Waals surface area contributed by atoms with Crippen LogP contribution in [0, 0.1) is 0 Å². The first-order chi connectivity index (χ1) is 7.13. The van der Waals surface area contributed by atoms with E-state index in [1.54, 1.807) is 0 Å². The summed E-state index contributed by atoms with van der Waals surface area (Å²) in [4.78, 5) is 2.53. The highest BCUT2D eigenvalue weighted by atomic mass is 16.5. The van der Waals surface area contributed by atoms with Crippen LogP contribution in [0.25, 0.3) is 0 Å². The molecule has 0 amide bonds. The highest BCUT2D eigenvalue weighted by Gasteiger charge is 2.25. The minimum Gasteiger partial charge on any atom is -0.373 e. The van der Waals surface area contributed by atoms with Gasteiger partial charge in [-0.2, -0.15) is 0 Å². The zero-order valence-corrected chi connectivity index (χ0v) is 10.6. The van der Waals surface area contributed by atoms with Crippen molar-refractivity contribution >= 4 is 0 Å². The van der Waals surface area contributed by atoms with Gasteiger partial charge in [0.1, 0.15) is 0 Å². The van der Waals surface area contributed by atoms with E-state index in [1.807, 2.05) is 0 Å². The maximum Gasteiger partial charge on any atom is 0.0678 e. The van der Waals surface area contributed by atoms with Crippen LogP contribution in [0.5, 0.6) is 0 Å². The first-order valence-electron chi connectivity index (χ1n) is 6.23. The van der Waals surface area contributed by atoms with Crippen LogP contribution < -0.4 is 5.32 Å². The van der Waals surface area contributed by atoms with E-state index in [-0.39, 0.29) is 0 Å². The molecule has 0 saturated carbocycles. The Labute approximate surface area is 94.2 Å². The Morgan fingerprint density at radius 2 is 1.93 bits per heavy atom. The van der Waals surface area contributed by atoms with Gasteiger partial charge in [0, 0.05) is 25.7 Å². The summed E-state index contributed by atoms with van der Waals surface area (Å²) >= 11 is 0. The Hall–Kier alpha value is -0.120. The lowest BCUT2D eigenvalue weighted by Gasteiger charge is -2.39. The molecule has 1 N–H and O–H groups in total. The van der Waals surface area contributed by atoms with Crippen LogP contribution in [0.1, 0.15) is 34.1 Å². The van der Waals surface area contributed by atoms with E-state index in [2.05, 4.69) is 37.9 Å². The largest absolute Gasteiger partial charge is 0.373 e. The van der Waals surface area contributed by atoms with Gasteiger partial charge in [0.05, 0.1) is 12.2 Å². The minimum atomic E-state index is 0.377. The Morgan fingerprint density at radius 1 is 1.33 bits per heavy atom. The predicted octanol–water partition coefficient (Wildman–Crippen LogP) is 1.48. The smallest absolute Gasteiger partial charge is 0.0678 e. The van der Waals surface area contributed by atoms with Gasteiger partial charge < -0.3 is 10.1 Å². The second-order valence-electron chi connectivity index (χ2n) is 4.76. The Bertz CT molecular complexity index is 165. The van der Waals surface area contributed by atoms with Gasteiger partial charge in [-0.1, -0.05) is 6.92 Å². The molecule has 3 unspecified atom stereocenters. The van der Waals surface area contributed by atoms with E-state index in [9.17, 15) is 0 Å². The van der Waals surface area contributed by atoms with Crippen LogP contribution in [0.4, 0.5) is 0 Å². The molecule has 1 heterocycles. The number of nitrogens with one attached hydrogen (secondary N) is 1. The number of morpholine rings is 1. The van der Waals surface area contributed by atoms with E-state index in [0.29, 0.717) is 18.2 Å². The Morgan fingerprint density at radius 3 is 2.47 bits per heavy atom. The van der Waals surface area contributed by atoms with Gasteiger partial charge in [0.25, 0.3) is 0 Å². The number of hydrogen-bond acceptors (Lipinski definition) is 3. The fraction of sp³-hybridized carbons (Fsp3) is 1.00. The summed E-state index contributed by atoms with van der Waals surface area (Å²) in [5.41, 5.74) is 0. The first kappa shape index (κ1) is 12.9. The lowest BCUT2D eigenvalue weighted by Crippen LogP contribution is -2.51. The second kappa shape index (κ2) is 6.46. The van der Waals surface area contributed by atoms with Crippen molar-refractivity contribution < 1.29 is 4.74 Å². The zero-order valence-electron chi connectivity index (χ0n) is 10.6. The van der Waals surface area contributed by atoms with Crippen molar-refractivity contribution in [3.63, 3.8) is 0 Å². The molecule has 0 aromatic rings. The normalized spacial score (nSPS) is 30.4. The summed E-state index contributed by atoms with van der Waals surface area (Å²) in [6, 6.07) is 0.616. The molecule has 1 fully saturated rings. The van der Waals surface area contributed by atoms with Crippen LogP contribution >= 0.6 is 0 Å². The molecule has 1 rings (SSSR count). The Kier molecular flexibility index (Phi) is 5.58. The predicted molar refractivity (Wildman–Crippen MR) is 64.2 cm³/mol. The highest BCUT2D eigenvalue weighted by molar-refractivity contribution is 4.78. The maximum absolute atomic E-state index is 5.73. The van der Waals surface area contributed by atoms with E-state index in [0.717, 1.165) is 26.2 Å². The number of rotatable bonds is 5. The van der Waals surface area contributed by atoms with Crippen molar-refractivity contribution in [3.05, 3.63) is 0 Å². The van der Waals surface area contributed by atoms with Crippen molar-refractivity contribution in [1.29, 1.82) is 0 Å². The van der Waals surface area contributed by atoms with Crippen LogP contribution in [0.3, 0.4) is 0 Å². The topological polar surface area (TPSA) is 24.5 Å². The van der Waals surface area contributed by atoms with Crippen molar-refractivity contribution in [3.8, 4) is 0 Å². The van der Waals surface area contributed by atoms with Gasteiger partial charge >= 0.3 is 0 Å².